The number of hydrogen-bond donors (Lipinski definition) is 0. The number of hydrogen-bond acceptors (Lipinski definition) is 3. The summed E-state index contributed by atoms with van der Waals surface area (Å²) in [5, 5.41) is 0. The smallest absolute Gasteiger partial charge is 0.255 e. The molecule has 0 aromatic heterocycles. The van der Waals surface area contributed by atoms with Gasteiger partial charge in [-0.2, -0.15) is 21.6 Å². The van der Waals surface area contributed by atoms with Crippen LogP contribution in [0.3, 0.4) is 0 Å². The summed E-state index contributed by atoms with van der Waals surface area (Å²) >= 11 is 2.02. The van der Waals surface area contributed by atoms with Crippen LogP contribution in [0.2, 0.25) is 0 Å². The van der Waals surface area contributed by atoms with Crippen LogP contribution in [0.25, 0.3) is 0 Å². The molecular weight excluding hydrogens is 372 g/mol. The van der Waals surface area contributed by atoms with Crippen molar-refractivity contribution in [3.05, 3.63) is 33.4 Å². The maximum absolute atomic E-state index is 12.1. The van der Waals surface area contributed by atoms with Crippen LogP contribution >= 0.6 is 22.6 Å². The molecule has 0 spiro atoms. The number of halogens is 4. The lowest BCUT2D eigenvalue weighted by molar-refractivity contribution is -0.0569. The third kappa shape index (κ3) is 3.81. The Labute approximate surface area is 110 Å². The standard InChI is InChI=1S/C9H8F3IO3S/c1-6(7-2-4-8(13)5-3-7)16-17(14,15)9(10,11)12/h2-6H,1H3. The van der Waals surface area contributed by atoms with Gasteiger partial charge in [0, 0.05) is 3.57 Å². The second-order valence-corrected chi connectivity index (χ2v) is 6.00. The SMILES string of the molecule is CC(OS(=O)(=O)C(F)(F)F)c1ccc(I)cc1. The first kappa shape index (κ1) is 14.7. The summed E-state index contributed by atoms with van der Waals surface area (Å²) in [6, 6.07) is 6.32. The van der Waals surface area contributed by atoms with Crippen LogP contribution in [0.15, 0.2) is 24.3 Å². The normalized spacial score (nSPS) is 14.6. The summed E-state index contributed by atoms with van der Waals surface area (Å²) in [5.41, 5.74) is -5.04. The van der Waals surface area contributed by atoms with Gasteiger partial charge in [0.25, 0.3) is 0 Å². The van der Waals surface area contributed by atoms with Gasteiger partial charge < -0.3 is 0 Å². The molecule has 0 heterocycles. The van der Waals surface area contributed by atoms with Crippen molar-refractivity contribution in [2.24, 2.45) is 0 Å². The Morgan fingerprint density at radius 3 is 2.12 bits per heavy atom. The molecule has 0 N–H and O–H groups in total. The molecule has 0 aliphatic carbocycles. The van der Waals surface area contributed by atoms with Gasteiger partial charge in [0.15, 0.2) is 0 Å². The molecule has 1 atom stereocenters. The molecule has 0 aliphatic heterocycles. The van der Waals surface area contributed by atoms with E-state index in [1.165, 1.54) is 19.1 Å². The van der Waals surface area contributed by atoms with Gasteiger partial charge in [0.1, 0.15) is 0 Å². The molecule has 96 valence electrons. The minimum atomic E-state index is -5.56. The van der Waals surface area contributed by atoms with Crippen molar-refractivity contribution in [2.45, 2.75) is 18.5 Å². The zero-order chi connectivity index (χ0) is 13.3. The average Bonchev–Trinajstić information content (AvgIpc) is 2.16. The predicted molar refractivity (Wildman–Crippen MR) is 63.6 cm³/mol. The zero-order valence-corrected chi connectivity index (χ0v) is 11.5. The monoisotopic (exact) mass is 380 g/mol. The molecular formula is C9H8F3IO3S. The van der Waals surface area contributed by atoms with Crippen LogP contribution in [0.5, 0.6) is 0 Å². The number of alkyl halides is 3. The maximum atomic E-state index is 12.1. The summed E-state index contributed by atoms with van der Waals surface area (Å²) in [4.78, 5) is 0. The fourth-order valence-corrected chi connectivity index (χ4v) is 1.99. The van der Waals surface area contributed by atoms with E-state index in [-0.39, 0.29) is 0 Å². The van der Waals surface area contributed by atoms with Crippen molar-refractivity contribution in [2.75, 3.05) is 0 Å². The van der Waals surface area contributed by atoms with Gasteiger partial charge in [-0.25, -0.2) is 0 Å². The number of rotatable bonds is 3. The van der Waals surface area contributed by atoms with Crippen molar-refractivity contribution in [1.29, 1.82) is 0 Å². The summed E-state index contributed by atoms with van der Waals surface area (Å²) < 4.78 is 62.6. The zero-order valence-electron chi connectivity index (χ0n) is 8.53. The third-order valence-electron chi connectivity index (χ3n) is 1.89. The Morgan fingerprint density at radius 2 is 1.71 bits per heavy atom. The fourth-order valence-electron chi connectivity index (χ4n) is 1.03. The summed E-state index contributed by atoms with van der Waals surface area (Å²) in [5.74, 6) is 0. The third-order valence-corrected chi connectivity index (χ3v) is 3.72. The molecule has 1 aromatic rings. The molecule has 8 heteroatoms. The first-order chi connectivity index (χ1) is 7.63. The van der Waals surface area contributed by atoms with Gasteiger partial charge in [-0.3, -0.25) is 4.18 Å². The molecule has 17 heavy (non-hydrogen) atoms. The van der Waals surface area contributed by atoms with Crippen LogP contribution in [0, 0.1) is 3.57 Å². The van der Waals surface area contributed by atoms with E-state index in [9.17, 15) is 21.6 Å². The molecule has 1 rings (SSSR count). The van der Waals surface area contributed by atoms with Crippen LogP contribution < -0.4 is 0 Å². The van der Waals surface area contributed by atoms with Crippen molar-refractivity contribution >= 4 is 32.7 Å². The van der Waals surface area contributed by atoms with E-state index < -0.39 is 21.7 Å². The van der Waals surface area contributed by atoms with E-state index in [0.717, 1.165) is 3.57 Å². The summed E-state index contributed by atoms with van der Waals surface area (Å²) in [6.45, 7) is 1.24. The molecule has 1 aromatic carbocycles. The highest BCUT2D eigenvalue weighted by atomic mass is 127. The van der Waals surface area contributed by atoms with E-state index in [0.29, 0.717) is 5.56 Å². The van der Waals surface area contributed by atoms with Crippen molar-refractivity contribution in [1.82, 2.24) is 0 Å². The lowest BCUT2D eigenvalue weighted by atomic mass is 10.1. The highest BCUT2D eigenvalue weighted by Gasteiger charge is 2.48. The molecule has 0 amide bonds. The van der Waals surface area contributed by atoms with Gasteiger partial charge in [-0.1, -0.05) is 12.1 Å². The number of benzene rings is 1. The van der Waals surface area contributed by atoms with Gasteiger partial charge in [-0.15, -0.1) is 0 Å². The Balaban J connectivity index is 2.87. The molecule has 0 bridgehead atoms. The Morgan fingerprint density at radius 1 is 1.24 bits per heavy atom. The highest BCUT2D eigenvalue weighted by Crippen LogP contribution is 2.30. The minimum Gasteiger partial charge on any atom is -0.255 e. The van der Waals surface area contributed by atoms with Crippen molar-refractivity contribution in [3.63, 3.8) is 0 Å². The first-order valence-corrected chi connectivity index (χ1v) is 6.87. The van der Waals surface area contributed by atoms with E-state index >= 15 is 0 Å². The topological polar surface area (TPSA) is 43.4 Å². The van der Waals surface area contributed by atoms with Crippen molar-refractivity contribution in [3.8, 4) is 0 Å². The lowest BCUT2D eigenvalue weighted by Crippen LogP contribution is -2.26. The molecule has 0 radical (unpaired) electrons. The quantitative estimate of drug-likeness (QED) is 0.460. The molecule has 0 fully saturated rings. The van der Waals surface area contributed by atoms with E-state index in [1.54, 1.807) is 12.1 Å². The summed E-state index contributed by atoms with van der Waals surface area (Å²) in [6.07, 6.45) is -1.18. The van der Waals surface area contributed by atoms with E-state index in [4.69, 9.17) is 0 Å². The first-order valence-electron chi connectivity index (χ1n) is 4.38. The molecule has 1 unspecified atom stereocenters. The minimum absolute atomic E-state index is 0.359. The molecule has 3 nitrogen and oxygen atoms in total. The Hall–Kier alpha value is -0.350. The van der Waals surface area contributed by atoms with Gasteiger partial charge in [0.05, 0.1) is 6.10 Å². The Bertz CT molecular complexity index is 481. The Kier molecular flexibility index (Phi) is 4.42. The highest BCUT2D eigenvalue weighted by molar-refractivity contribution is 14.1. The second-order valence-electron chi connectivity index (χ2n) is 3.19. The predicted octanol–water partition coefficient (Wildman–Crippen LogP) is 3.22. The largest absolute Gasteiger partial charge is 0.523 e. The van der Waals surface area contributed by atoms with Crippen molar-refractivity contribution < 1.29 is 25.8 Å². The lowest BCUT2D eigenvalue weighted by Gasteiger charge is -2.14. The molecule has 0 saturated heterocycles. The average molecular weight is 380 g/mol. The van der Waals surface area contributed by atoms with Crippen LogP contribution in [-0.2, 0) is 14.3 Å². The maximum Gasteiger partial charge on any atom is 0.523 e. The second kappa shape index (κ2) is 5.11. The molecule has 0 saturated carbocycles. The van der Waals surface area contributed by atoms with Gasteiger partial charge in [0.2, 0.25) is 0 Å². The summed E-state index contributed by atoms with van der Waals surface area (Å²) in [7, 11) is -5.56. The van der Waals surface area contributed by atoms with Gasteiger partial charge >= 0.3 is 15.6 Å². The van der Waals surface area contributed by atoms with E-state index in [1.807, 2.05) is 22.6 Å². The van der Waals surface area contributed by atoms with E-state index in [2.05, 4.69) is 4.18 Å². The van der Waals surface area contributed by atoms with Crippen LogP contribution in [0.4, 0.5) is 13.2 Å². The molecule has 0 aliphatic rings. The fraction of sp³-hybridized carbons (Fsp3) is 0.333. The van der Waals surface area contributed by atoms with Crippen LogP contribution in [0.1, 0.15) is 18.6 Å². The van der Waals surface area contributed by atoms with Crippen LogP contribution in [-0.4, -0.2) is 13.9 Å². The van der Waals surface area contributed by atoms with Gasteiger partial charge in [-0.05, 0) is 47.2 Å².